The van der Waals surface area contributed by atoms with Crippen molar-refractivity contribution in [2.24, 2.45) is 5.92 Å². The zero-order valence-electron chi connectivity index (χ0n) is 10.5. The lowest BCUT2D eigenvalue weighted by molar-refractivity contribution is -0.137. The Balaban J connectivity index is 1.68. The molecule has 1 saturated heterocycles. The highest BCUT2D eigenvalue weighted by Gasteiger charge is 2.46. The Hall–Kier alpha value is -1.79. The van der Waals surface area contributed by atoms with E-state index in [0.29, 0.717) is 5.92 Å². The number of amides is 1. The molecule has 4 nitrogen and oxygen atoms in total. The van der Waals surface area contributed by atoms with Crippen molar-refractivity contribution in [3.05, 3.63) is 23.9 Å². The Morgan fingerprint density at radius 1 is 1.35 bits per heavy atom. The number of ether oxygens (including phenoxy) is 1. The van der Waals surface area contributed by atoms with Gasteiger partial charge >= 0.3 is 6.18 Å². The first-order valence-corrected chi connectivity index (χ1v) is 6.38. The Morgan fingerprint density at radius 2 is 2.15 bits per heavy atom. The average Bonchev–Trinajstić information content (AvgIpc) is 2.97. The Bertz CT molecular complexity index is 503. The second kappa shape index (κ2) is 4.64. The fraction of sp³-hybridized carbons (Fsp3) is 0.538. The summed E-state index contributed by atoms with van der Waals surface area (Å²) < 4.78 is 42.9. The molecular weight excluding hydrogens is 273 g/mol. The summed E-state index contributed by atoms with van der Waals surface area (Å²) in [6, 6.07) is 2.19. The highest BCUT2D eigenvalue weighted by Crippen LogP contribution is 2.39. The molecule has 7 heteroatoms. The molecule has 1 saturated carbocycles. The summed E-state index contributed by atoms with van der Waals surface area (Å²) in [6.45, 7) is 0.745. The minimum atomic E-state index is -4.40. The summed E-state index contributed by atoms with van der Waals surface area (Å²) in [6.07, 6.45) is -1.29. The molecule has 20 heavy (non-hydrogen) atoms. The van der Waals surface area contributed by atoms with Crippen molar-refractivity contribution in [3.63, 3.8) is 0 Å². The van der Waals surface area contributed by atoms with E-state index in [2.05, 4.69) is 4.98 Å². The summed E-state index contributed by atoms with van der Waals surface area (Å²) in [4.78, 5) is 16.3. The number of alkyl halides is 3. The van der Waals surface area contributed by atoms with Gasteiger partial charge in [0, 0.05) is 18.8 Å². The number of halogens is 3. The predicted molar refractivity (Wildman–Crippen MR) is 62.9 cm³/mol. The third-order valence-electron chi connectivity index (χ3n) is 3.94. The second-order valence-corrected chi connectivity index (χ2v) is 5.25. The van der Waals surface area contributed by atoms with E-state index in [0.717, 1.165) is 38.1 Å². The molecule has 108 valence electrons. The van der Waals surface area contributed by atoms with Gasteiger partial charge in [-0.15, -0.1) is 0 Å². The minimum absolute atomic E-state index is 0.0154. The molecule has 2 aliphatic rings. The van der Waals surface area contributed by atoms with Crippen LogP contribution in [-0.4, -0.2) is 35.0 Å². The van der Waals surface area contributed by atoms with Crippen LogP contribution in [0.3, 0.4) is 0 Å². The summed E-state index contributed by atoms with van der Waals surface area (Å²) in [5.41, 5.74) is -0.799. The van der Waals surface area contributed by atoms with Crippen molar-refractivity contribution in [2.45, 2.75) is 31.2 Å². The van der Waals surface area contributed by atoms with E-state index >= 15 is 0 Å². The summed E-state index contributed by atoms with van der Waals surface area (Å²) >= 11 is 0. The molecule has 2 fully saturated rings. The Kier molecular flexibility index (Phi) is 3.07. The Morgan fingerprint density at radius 3 is 2.70 bits per heavy atom. The lowest BCUT2D eigenvalue weighted by Gasteiger charge is -2.30. The number of hydrogen-bond donors (Lipinski definition) is 0. The number of piperidine rings is 1. The first-order chi connectivity index (χ1) is 9.47. The molecule has 3 atom stereocenters. The largest absolute Gasteiger partial charge is 0.472 e. The van der Waals surface area contributed by atoms with E-state index in [4.69, 9.17) is 4.74 Å². The maximum Gasteiger partial charge on any atom is 0.417 e. The topological polar surface area (TPSA) is 42.4 Å². The van der Waals surface area contributed by atoms with E-state index < -0.39 is 11.7 Å². The van der Waals surface area contributed by atoms with Crippen LogP contribution in [0.1, 0.15) is 18.4 Å². The summed E-state index contributed by atoms with van der Waals surface area (Å²) in [7, 11) is 0. The van der Waals surface area contributed by atoms with Gasteiger partial charge in [-0.2, -0.15) is 13.2 Å². The lowest BCUT2D eigenvalue weighted by atomic mass is 10.1. The van der Waals surface area contributed by atoms with Crippen LogP contribution in [0.25, 0.3) is 0 Å². The van der Waals surface area contributed by atoms with Crippen molar-refractivity contribution < 1.29 is 22.7 Å². The van der Waals surface area contributed by atoms with Crippen LogP contribution in [0.4, 0.5) is 13.2 Å². The number of carbonyl (C=O) groups is 1. The zero-order valence-corrected chi connectivity index (χ0v) is 10.5. The quantitative estimate of drug-likeness (QED) is 0.799. The number of fused-ring (bicyclic) bond motifs is 2. The molecule has 0 spiro atoms. The van der Waals surface area contributed by atoms with Crippen LogP contribution in [0.5, 0.6) is 5.88 Å². The number of rotatable bonds is 3. The van der Waals surface area contributed by atoms with Gasteiger partial charge < -0.3 is 9.64 Å². The standard InChI is InChI=1S/C13H13F3N2O2/c14-13(15,16)9-1-2-12(17-5-9)20-11-4-8-3-10(11)18(6-8)7-19/h1-2,5,7-8,10-11H,3-4,6H2. The zero-order chi connectivity index (χ0) is 14.3. The van der Waals surface area contributed by atoms with Crippen LogP contribution in [-0.2, 0) is 11.0 Å². The van der Waals surface area contributed by atoms with Crippen LogP contribution in [0.2, 0.25) is 0 Å². The van der Waals surface area contributed by atoms with Gasteiger partial charge in [0.1, 0.15) is 6.10 Å². The Labute approximate surface area is 113 Å². The van der Waals surface area contributed by atoms with Gasteiger partial charge in [0.25, 0.3) is 0 Å². The van der Waals surface area contributed by atoms with Crippen molar-refractivity contribution in [1.29, 1.82) is 0 Å². The van der Waals surface area contributed by atoms with Crippen molar-refractivity contribution in [1.82, 2.24) is 9.88 Å². The monoisotopic (exact) mass is 286 g/mol. The van der Waals surface area contributed by atoms with Crippen LogP contribution < -0.4 is 4.74 Å². The van der Waals surface area contributed by atoms with Gasteiger partial charge in [-0.25, -0.2) is 4.98 Å². The third-order valence-corrected chi connectivity index (χ3v) is 3.94. The molecule has 1 amide bonds. The number of aromatic nitrogens is 1. The van der Waals surface area contributed by atoms with E-state index in [1.807, 2.05) is 0 Å². The second-order valence-electron chi connectivity index (χ2n) is 5.25. The third kappa shape index (κ3) is 2.32. The lowest BCUT2D eigenvalue weighted by Crippen LogP contribution is -2.43. The highest BCUT2D eigenvalue weighted by molar-refractivity contribution is 5.49. The molecule has 0 N–H and O–H groups in total. The fourth-order valence-electron chi connectivity index (χ4n) is 3.03. The maximum absolute atomic E-state index is 12.4. The van der Waals surface area contributed by atoms with Crippen molar-refractivity contribution in [3.8, 4) is 5.88 Å². The predicted octanol–water partition coefficient (Wildman–Crippen LogP) is 2.10. The normalized spacial score (nSPS) is 28.8. The summed E-state index contributed by atoms with van der Waals surface area (Å²) in [5.74, 6) is 0.589. The summed E-state index contributed by atoms with van der Waals surface area (Å²) in [5, 5.41) is 0. The first-order valence-electron chi connectivity index (χ1n) is 6.38. The average molecular weight is 286 g/mol. The molecule has 0 radical (unpaired) electrons. The molecule has 1 aliphatic heterocycles. The number of likely N-dealkylation sites (tertiary alicyclic amines) is 1. The molecule has 1 aromatic rings. The number of carbonyl (C=O) groups excluding carboxylic acids is 1. The molecule has 2 heterocycles. The SMILES string of the molecule is O=CN1CC2CC(Oc3ccc(C(F)(F)F)cn3)C1C2. The van der Waals surface area contributed by atoms with Crippen LogP contribution in [0, 0.1) is 5.92 Å². The van der Waals surface area contributed by atoms with Crippen LogP contribution in [0.15, 0.2) is 18.3 Å². The molecule has 2 bridgehead atoms. The van der Waals surface area contributed by atoms with Gasteiger partial charge in [0.05, 0.1) is 11.6 Å². The van der Waals surface area contributed by atoms with E-state index in [-0.39, 0.29) is 18.0 Å². The van der Waals surface area contributed by atoms with Gasteiger partial charge in [-0.1, -0.05) is 0 Å². The molecule has 3 rings (SSSR count). The molecule has 0 aromatic carbocycles. The minimum Gasteiger partial charge on any atom is -0.472 e. The smallest absolute Gasteiger partial charge is 0.417 e. The first kappa shape index (κ1) is 13.2. The van der Waals surface area contributed by atoms with Crippen molar-refractivity contribution in [2.75, 3.05) is 6.54 Å². The van der Waals surface area contributed by atoms with E-state index in [1.54, 1.807) is 4.90 Å². The highest BCUT2D eigenvalue weighted by atomic mass is 19.4. The fourth-order valence-corrected chi connectivity index (χ4v) is 3.03. The number of pyridine rings is 1. The van der Waals surface area contributed by atoms with Gasteiger partial charge in [0.15, 0.2) is 0 Å². The van der Waals surface area contributed by atoms with E-state index in [1.165, 1.54) is 6.07 Å². The van der Waals surface area contributed by atoms with Crippen LogP contribution >= 0.6 is 0 Å². The molecule has 3 unspecified atom stereocenters. The maximum atomic E-state index is 12.4. The van der Waals surface area contributed by atoms with E-state index in [9.17, 15) is 18.0 Å². The van der Waals surface area contributed by atoms with Crippen molar-refractivity contribution >= 4 is 6.41 Å². The number of hydrogen-bond acceptors (Lipinski definition) is 3. The molecular formula is C13H13F3N2O2. The van der Waals surface area contributed by atoms with Gasteiger partial charge in [0.2, 0.25) is 12.3 Å². The van der Waals surface area contributed by atoms with Gasteiger partial charge in [-0.3, -0.25) is 4.79 Å². The number of nitrogens with zero attached hydrogens (tertiary/aromatic N) is 2. The molecule has 1 aliphatic carbocycles. The molecule has 1 aromatic heterocycles. The van der Waals surface area contributed by atoms with Gasteiger partial charge in [-0.05, 0) is 24.8 Å².